The molecule has 6 heteroatoms. The van der Waals surface area contributed by atoms with E-state index in [9.17, 15) is 14.5 Å². The van der Waals surface area contributed by atoms with Crippen molar-refractivity contribution in [2.45, 2.75) is 19.4 Å². The van der Waals surface area contributed by atoms with E-state index >= 15 is 0 Å². The van der Waals surface area contributed by atoms with Crippen LogP contribution in [0.4, 0.5) is 15.8 Å². The first-order valence-electron chi connectivity index (χ1n) is 4.89. The zero-order valence-electron chi connectivity index (χ0n) is 8.81. The molecule has 1 aromatic rings. The number of anilines is 1. The van der Waals surface area contributed by atoms with Crippen molar-refractivity contribution in [3.63, 3.8) is 0 Å². The quantitative estimate of drug-likeness (QED) is 0.596. The van der Waals surface area contributed by atoms with E-state index < -0.39 is 10.7 Å². The van der Waals surface area contributed by atoms with Gasteiger partial charge in [0.1, 0.15) is 11.5 Å². The van der Waals surface area contributed by atoms with E-state index in [1.807, 2.05) is 6.92 Å². The second kappa shape index (κ2) is 5.41. The van der Waals surface area contributed by atoms with Crippen molar-refractivity contribution in [1.82, 2.24) is 0 Å². The van der Waals surface area contributed by atoms with Gasteiger partial charge in [-0.2, -0.15) is 0 Å². The van der Waals surface area contributed by atoms with Gasteiger partial charge in [-0.05, 0) is 18.6 Å². The zero-order valence-corrected chi connectivity index (χ0v) is 8.81. The Morgan fingerprint density at radius 3 is 2.81 bits per heavy atom. The maximum atomic E-state index is 12.8. The Balaban J connectivity index is 2.98. The molecular weight excluding hydrogens is 215 g/mol. The van der Waals surface area contributed by atoms with Gasteiger partial charge in [0.05, 0.1) is 17.6 Å². The fourth-order valence-corrected chi connectivity index (χ4v) is 1.27. The zero-order chi connectivity index (χ0) is 12.1. The van der Waals surface area contributed by atoms with Crippen molar-refractivity contribution in [2.75, 3.05) is 11.9 Å². The Hall–Kier alpha value is -1.69. The molecule has 1 atom stereocenters. The molecular formula is C10H13FN2O3. The van der Waals surface area contributed by atoms with Crippen molar-refractivity contribution in [3.05, 3.63) is 34.1 Å². The van der Waals surface area contributed by atoms with E-state index in [0.29, 0.717) is 6.42 Å². The molecule has 0 bridgehead atoms. The van der Waals surface area contributed by atoms with Crippen LogP contribution < -0.4 is 5.32 Å². The van der Waals surface area contributed by atoms with Crippen LogP contribution in [0.1, 0.15) is 13.3 Å². The number of hydrogen-bond acceptors (Lipinski definition) is 4. The summed E-state index contributed by atoms with van der Waals surface area (Å²) in [5.41, 5.74) is -0.112. The number of hydrogen-bond donors (Lipinski definition) is 2. The molecule has 1 unspecified atom stereocenters. The first-order valence-corrected chi connectivity index (χ1v) is 4.89. The van der Waals surface area contributed by atoms with Crippen molar-refractivity contribution < 1.29 is 14.4 Å². The van der Waals surface area contributed by atoms with E-state index in [1.165, 1.54) is 6.07 Å². The highest BCUT2D eigenvalue weighted by Gasteiger charge is 2.16. The summed E-state index contributed by atoms with van der Waals surface area (Å²) >= 11 is 0. The fraction of sp³-hybridized carbons (Fsp3) is 0.400. The molecule has 0 aromatic heterocycles. The van der Waals surface area contributed by atoms with Crippen LogP contribution in [-0.2, 0) is 0 Å². The second-order valence-electron chi connectivity index (χ2n) is 3.35. The molecule has 5 nitrogen and oxygen atoms in total. The molecule has 1 rings (SSSR count). The van der Waals surface area contributed by atoms with E-state index in [4.69, 9.17) is 5.11 Å². The van der Waals surface area contributed by atoms with E-state index in [0.717, 1.165) is 12.1 Å². The Kier molecular flexibility index (Phi) is 4.19. The van der Waals surface area contributed by atoms with Crippen LogP contribution in [0.25, 0.3) is 0 Å². The summed E-state index contributed by atoms with van der Waals surface area (Å²) in [5.74, 6) is -0.658. The second-order valence-corrected chi connectivity index (χ2v) is 3.35. The maximum absolute atomic E-state index is 12.8. The van der Waals surface area contributed by atoms with Gasteiger partial charge in [-0.3, -0.25) is 10.1 Å². The molecule has 0 radical (unpaired) electrons. The summed E-state index contributed by atoms with van der Waals surface area (Å²) in [6.07, 6.45) is 0.616. The van der Waals surface area contributed by atoms with Gasteiger partial charge in [-0.25, -0.2) is 4.39 Å². The lowest BCUT2D eigenvalue weighted by molar-refractivity contribution is -0.384. The van der Waals surface area contributed by atoms with Gasteiger partial charge in [0, 0.05) is 6.04 Å². The number of rotatable bonds is 5. The summed E-state index contributed by atoms with van der Waals surface area (Å²) in [4.78, 5) is 10.0. The summed E-state index contributed by atoms with van der Waals surface area (Å²) in [7, 11) is 0. The van der Waals surface area contributed by atoms with Crippen molar-refractivity contribution in [2.24, 2.45) is 0 Å². The molecule has 88 valence electrons. The lowest BCUT2D eigenvalue weighted by atomic mass is 10.2. The number of nitrogens with one attached hydrogen (secondary N) is 1. The number of halogens is 1. The molecule has 0 heterocycles. The largest absolute Gasteiger partial charge is 0.394 e. The van der Waals surface area contributed by atoms with Gasteiger partial charge in [0.2, 0.25) is 0 Å². The van der Waals surface area contributed by atoms with Gasteiger partial charge in [0.15, 0.2) is 0 Å². The first-order chi connectivity index (χ1) is 7.58. The minimum absolute atomic E-state index is 0.134. The highest BCUT2D eigenvalue weighted by Crippen LogP contribution is 2.25. The predicted molar refractivity (Wildman–Crippen MR) is 57.8 cm³/mol. The minimum Gasteiger partial charge on any atom is -0.394 e. The van der Waals surface area contributed by atoms with Crippen LogP contribution in [0, 0.1) is 15.9 Å². The third kappa shape index (κ3) is 2.90. The van der Waals surface area contributed by atoms with Gasteiger partial charge < -0.3 is 10.4 Å². The number of aliphatic hydroxyl groups excluding tert-OH is 1. The van der Waals surface area contributed by atoms with Crippen LogP contribution in [0.3, 0.4) is 0 Å². The fourth-order valence-electron chi connectivity index (χ4n) is 1.27. The lowest BCUT2D eigenvalue weighted by Crippen LogP contribution is -2.23. The summed E-state index contributed by atoms with van der Waals surface area (Å²) < 4.78 is 12.8. The van der Waals surface area contributed by atoms with E-state index in [1.54, 1.807) is 0 Å². The molecule has 0 aliphatic carbocycles. The summed E-state index contributed by atoms with van der Waals surface area (Å²) in [6.45, 7) is 1.70. The Morgan fingerprint density at radius 2 is 2.31 bits per heavy atom. The standard InChI is InChI=1S/C10H13FN2O3/c1-2-8(6-14)12-9-4-3-7(11)5-10(9)13(15)16/h3-5,8,12,14H,2,6H2,1H3. The number of aliphatic hydroxyl groups is 1. The predicted octanol–water partition coefficient (Wildman–Crippen LogP) is 1.92. The number of nitro groups is 1. The molecule has 16 heavy (non-hydrogen) atoms. The molecule has 0 spiro atoms. The Bertz CT molecular complexity index is 380. The molecule has 0 saturated heterocycles. The molecule has 1 aromatic carbocycles. The van der Waals surface area contributed by atoms with Crippen LogP contribution in [0.2, 0.25) is 0 Å². The van der Waals surface area contributed by atoms with Gasteiger partial charge >= 0.3 is 0 Å². The van der Waals surface area contributed by atoms with E-state index in [2.05, 4.69) is 5.32 Å². The minimum atomic E-state index is -0.658. The average Bonchev–Trinajstić information content (AvgIpc) is 2.27. The van der Waals surface area contributed by atoms with E-state index in [-0.39, 0.29) is 24.0 Å². The first kappa shape index (κ1) is 12.4. The van der Waals surface area contributed by atoms with Crippen LogP contribution in [-0.4, -0.2) is 22.7 Å². The van der Waals surface area contributed by atoms with Crippen molar-refractivity contribution in [1.29, 1.82) is 0 Å². The molecule has 0 aliphatic heterocycles. The number of nitro benzene ring substituents is 1. The summed E-state index contributed by atoms with van der Waals surface area (Å²) in [5, 5.41) is 22.4. The lowest BCUT2D eigenvalue weighted by Gasteiger charge is -2.15. The third-order valence-corrected chi connectivity index (χ3v) is 2.23. The molecule has 0 amide bonds. The van der Waals surface area contributed by atoms with Gasteiger partial charge in [-0.1, -0.05) is 6.92 Å². The Labute approximate surface area is 92.1 Å². The monoisotopic (exact) mass is 228 g/mol. The van der Waals surface area contributed by atoms with Gasteiger partial charge in [0.25, 0.3) is 5.69 Å². The van der Waals surface area contributed by atoms with Crippen molar-refractivity contribution >= 4 is 11.4 Å². The molecule has 0 saturated carbocycles. The topological polar surface area (TPSA) is 75.4 Å². The average molecular weight is 228 g/mol. The smallest absolute Gasteiger partial charge is 0.295 e. The highest BCUT2D eigenvalue weighted by atomic mass is 19.1. The number of nitrogens with zero attached hydrogens (tertiary/aromatic N) is 1. The molecule has 0 aliphatic rings. The highest BCUT2D eigenvalue weighted by molar-refractivity contribution is 5.61. The third-order valence-electron chi connectivity index (χ3n) is 2.23. The molecule has 0 fully saturated rings. The van der Waals surface area contributed by atoms with Gasteiger partial charge in [-0.15, -0.1) is 0 Å². The normalized spacial score (nSPS) is 12.2. The van der Waals surface area contributed by atoms with Crippen molar-refractivity contribution in [3.8, 4) is 0 Å². The van der Waals surface area contributed by atoms with Crippen LogP contribution in [0.15, 0.2) is 18.2 Å². The summed E-state index contributed by atoms with van der Waals surface area (Å²) in [6, 6.07) is 3.02. The SMILES string of the molecule is CCC(CO)Nc1ccc(F)cc1[N+](=O)[O-]. The molecule has 2 N–H and O–H groups in total. The Morgan fingerprint density at radius 1 is 1.62 bits per heavy atom. The maximum Gasteiger partial charge on any atom is 0.295 e. The number of benzene rings is 1. The van der Waals surface area contributed by atoms with Crippen LogP contribution >= 0.6 is 0 Å². The van der Waals surface area contributed by atoms with Crippen LogP contribution in [0.5, 0.6) is 0 Å².